The van der Waals surface area contributed by atoms with Crippen molar-refractivity contribution in [2.24, 2.45) is 33.7 Å². The third-order valence-electron chi connectivity index (χ3n) is 10.1. The molecule has 0 radical (unpaired) electrons. The van der Waals surface area contributed by atoms with E-state index in [2.05, 4.69) is 88.1 Å². The van der Waals surface area contributed by atoms with E-state index in [1.54, 1.807) is 5.57 Å². The summed E-state index contributed by atoms with van der Waals surface area (Å²) in [7, 11) is 0. The molecule has 3 unspecified atom stereocenters. The van der Waals surface area contributed by atoms with Gasteiger partial charge in [0.2, 0.25) is 0 Å². The molecule has 0 N–H and O–H groups in total. The number of allylic oxidation sites excluding steroid dienone is 11. The van der Waals surface area contributed by atoms with E-state index in [0.29, 0.717) is 23.7 Å². The molecule has 1 fully saturated rings. The van der Waals surface area contributed by atoms with Gasteiger partial charge in [0.25, 0.3) is 0 Å². The van der Waals surface area contributed by atoms with Crippen molar-refractivity contribution in [3.05, 3.63) is 82.3 Å². The lowest BCUT2D eigenvalue weighted by atomic mass is 9.78. The fourth-order valence-electron chi connectivity index (χ4n) is 7.48. The molecule has 3 aliphatic carbocycles. The van der Waals surface area contributed by atoms with Crippen molar-refractivity contribution in [1.29, 1.82) is 0 Å². The van der Waals surface area contributed by atoms with E-state index >= 15 is 0 Å². The molecular weight excluding hydrogens is 498 g/mol. The van der Waals surface area contributed by atoms with Crippen LogP contribution in [0.2, 0.25) is 0 Å². The molecule has 1 saturated heterocycles. The Morgan fingerprint density at radius 1 is 0.976 bits per heavy atom. The van der Waals surface area contributed by atoms with Crippen molar-refractivity contribution >= 4 is 11.4 Å². The Kier molecular flexibility index (Phi) is 10.2. The number of fused-ring (bicyclic) bond motifs is 3. The molecule has 3 nitrogen and oxygen atoms in total. The lowest BCUT2D eigenvalue weighted by Gasteiger charge is -2.27. The van der Waals surface area contributed by atoms with Gasteiger partial charge in [-0.3, -0.25) is 9.98 Å². The van der Waals surface area contributed by atoms with Gasteiger partial charge in [0.15, 0.2) is 0 Å². The van der Waals surface area contributed by atoms with E-state index in [-0.39, 0.29) is 0 Å². The Labute approximate surface area is 250 Å². The van der Waals surface area contributed by atoms with Crippen LogP contribution in [-0.4, -0.2) is 36.0 Å². The zero-order chi connectivity index (χ0) is 28.8. The van der Waals surface area contributed by atoms with E-state index in [4.69, 9.17) is 9.98 Å². The van der Waals surface area contributed by atoms with E-state index < -0.39 is 0 Å². The fraction of sp³-hybridized carbons (Fsp3) is 0.579. The minimum Gasteiger partial charge on any atom is -0.372 e. The monoisotopic (exact) mass is 551 g/mol. The standard InChI is InChI=1S/C38H53N3/c1-6-29-25-36-28(5)31(22-27(29)4)16-17-33(23-30(36)7-2)38-26-34(39-8-3)24-32-14-13-15-35(18-19-37(32)40-38)41-20-11-9-10-12-21-41/h15,17-19,22-23,25-26,28-29,31-32H,6-14,16,20-21,24H2,1-5H3/b19-18-,30-23-,33-17+,35-15+,39-34?/t28-,29?,31?,32?/m1/s1. The molecule has 0 spiro atoms. The Bertz CT molecular complexity index is 1240. The van der Waals surface area contributed by atoms with Crippen molar-refractivity contribution < 1.29 is 0 Å². The van der Waals surface area contributed by atoms with Crippen LogP contribution in [0.3, 0.4) is 0 Å². The lowest BCUT2D eigenvalue weighted by molar-refractivity contribution is 0.367. The molecule has 5 aliphatic rings. The average molecular weight is 552 g/mol. The van der Waals surface area contributed by atoms with E-state index in [0.717, 1.165) is 44.3 Å². The highest BCUT2D eigenvalue weighted by atomic mass is 15.1. The van der Waals surface area contributed by atoms with Crippen molar-refractivity contribution in [3.8, 4) is 0 Å². The lowest BCUT2D eigenvalue weighted by Crippen LogP contribution is -2.24. The second kappa shape index (κ2) is 14.0. The van der Waals surface area contributed by atoms with Gasteiger partial charge in [0.1, 0.15) is 0 Å². The number of likely N-dealkylation sites (tertiary alicyclic amines) is 1. The molecule has 0 aromatic rings. The van der Waals surface area contributed by atoms with Crippen LogP contribution >= 0.6 is 0 Å². The quantitative estimate of drug-likeness (QED) is 0.313. The molecule has 0 saturated carbocycles. The third kappa shape index (κ3) is 7.04. The van der Waals surface area contributed by atoms with E-state index in [1.165, 1.54) is 79.0 Å². The molecule has 0 amide bonds. The Balaban J connectivity index is 1.54. The maximum Gasteiger partial charge on any atom is 0.0720 e. The van der Waals surface area contributed by atoms with Crippen molar-refractivity contribution in [1.82, 2.24) is 4.90 Å². The average Bonchev–Trinajstić information content (AvgIpc) is 3.37. The van der Waals surface area contributed by atoms with Crippen LogP contribution in [0.1, 0.15) is 98.8 Å². The Hall–Kier alpha value is -2.68. The van der Waals surface area contributed by atoms with Crippen LogP contribution in [0.4, 0.5) is 0 Å². The maximum atomic E-state index is 5.49. The Morgan fingerprint density at radius 2 is 1.78 bits per heavy atom. The minimum absolute atomic E-state index is 0.414. The summed E-state index contributed by atoms with van der Waals surface area (Å²) >= 11 is 0. The molecule has 2 bridgehead atoms. The van der Waals surface area contributed by atoms with Crippen molar-refractivity contribution in [3.63, 3.8) is 0 Å². The van der Waals surface area contributed by atoms with Gasteiger partial charge in [-0.1, -0.05) is 63.5 Å². The van der Waals surface area contributed by atoms with Gasteiger partial charge in [-0.25, -0.2) is 0 Å². The molecule has 4 atom stereocenters. The molecule has 41 heavy (non-hydrogen) atoms. The van der Waals surface area contributed by atoms with Gasteiger partial charge < -0.3 is 4.90 Å². The van der Waals surface area contributed by atoms with E-state index in [9.17, 15) is 0 Å². The molecular formula is C38H53N3. The normalized spacial score (nSPS) is 34.9. The van der Waals surface area contributed by atoms with Crippen LogP contribution in [0.5, 0.6) is 0 Å². The molecule has 2 heterocycles. The minimum atomic E-state index is 0.414. The first-order chi connectivity index (χ1) is 20.0. The Morgan fingerprint density at radius 3 is 2.51 bits per heavy atom. The summed E-state index contributed by atoms with van der Waals surface area (Å²) in [6, 6.07) is 0. The maximum absolute atomic E-state index is 5.49. The largest absolute Gasteiger partial charge is 0.372 e. The zero-order valence-electron chi connectivity index (χ0n) is 26.5. The summed E-state index contributed by atoms with van der Waals surface area (Å²) in [6.07, 6.45) is 31.5. The highest BCUT2D eigenvalue weighted by molar-refractivity contribution is 6.06. The molecule has 3 heteroatoms. The fourth-order valence-corrected chi connectivity index (χ4v) is 7.48. The van der Waals surface area contributed by atoms with Crippen LogP contribution in [-0.2, 0) is 0 Å². The van der Waals surface area contributed by atoms with E-state index in [1.807, 2.05) is 0 Å². The predicted octanol–water partition coefficient (Wildman–Crippen LogP) is 9.73. The number of hydrogen-bond acceptors (Lipinski definition) is 3. The van der Waals surface area contributed by atoms with Gasteiger partial charge >= 0.3 is 0 Å². The molecule has 0 aromatic carbocycles. The third-order valence-corrected chi connectivity index (χ3v) is 10.1. The van der Waals surface area contributed by atoms with Crippen LogP contribution in [0.25, 0.3) is 0 Å². The molecule has 2 aliphatic heterocycles. The number of hydrogen-bond donors (Lipinski definition) is 0. The highest BCUT2D eigenvalue weighted by Gasteiger charge is 2.28. The first-order valence-electron chi connectivity index (χ1n) is 16.8. The second-order valence-corrected chi connectivity index (χ2v) is 12.8. The van der Waals surface area contributed by atoms with Gasteiger partial charge in [-0.05, 0) is 124 Å². The first-order valence-corrected chi connectivity index (χ1v) is 16.8. The van der Waals surface area contributed by atoms with Gasteiger partial charge in [-0.15, -0.1) is 0 Å². The van der Waals surface area contributed by atoms with Crippen LogP contribution in [0.15, 0.2) is 92.3 Å². The summed E-state index contributed by atoms with van der Waals surface area (Å²) in [4.78, 5) is 13.1. The van der Waals surface area contributed by atoms with Gasteiger partial charge in [0.05, 0.1) is 5.70 Å². The number of nitrogens with zero attached hydrogens (tertiary/aromatic N) is 3. The second-order valence-electron chi connectivity index (χ2n) is 12.8. The highest BCUT2D eigenvalue weighted by Crippen LogP contribution is 2.41. The topological polar surface area (TPSA) is 28.0 Å². The summed E-state index contributed by atoms with van der Waals surface area (Å²) in [5, 5.41) is 0. The zero-order valence-corrected chi connectivity index (χ0v) is 26.5. The smallest absolute Gasteiger partial charge is 0.0720 e. The molecule has 5 rings (SSSR count). The summed E-state index contributed by atoms with van der Waals surface area (Å²) in [6.45, 7) is 14.8. The summed E-state index contributed by atoms with van der Waals surface area (Å²) < 4.78 is 0. The SMILES string of the molecule is CCN=C1C=C(C2=C/CC3C=C(C)C(CC)C=C(/C(CC)=C\2)[C@@H]3C)N=C2/C=C\C(N3CCCCCC3)=C/CCC2C1. The number of aliphatic imine (C=N–C) groups is 2. The molecule has 0 aromatic heterocycles. The van der Waals surface area contributed by atoms with Crippen LogP contribution < -0.4 is 0 Å². The van der Waals surface area contributed by atoms with Crippen molar-refractivity contribution in [2.75, 3.05) is 19.6 Å². The number of rotatable bonds is 5. The van der Waals surface area contributed by atoms with Crippen LogP contribution in [0, 0.1) is 23.7 Å². The summed E-state index contributed by atoms with van der Waals surface area (Å²) in [5.41, 5.74) is 10.8. The summed E-state index contributed by atoms with van der Waals surface area (Å²) in [5.74, 6) is 2.03. The van der Waals surface area contributed by atoms with Gasteiger partial charge in [0, 0.05) is 42.7 Å². The predicted molar refractivity (Wildman–Crippen MR) is 177 cm³/mol. The molecule has 220 valence electrons. The first kappa shape index (κ1) is 29.8. The van der Waals surface area contributed by atoms with Crippen molar-refractivity contribution in [2.45, 2.75) is 98.8 Å². The van der Waals surface area contributed by atoms with Gasteiger partial charge in [-0.2, -0.15) is 0 Å².